The van der Waals surface area contributed by atoms with E-state index in [9.17, 15) is 13.7 Å². The van der Waals surface area contributed by atoms with Crippen LogP contribution in [0.5, 0.6) is 0 Å². The molecule has 2 aliphatic heterocycles. The van der Waals surface area contributed by atoms with Gasteiger partial charge in [-0.1, -0.05) is 40.0 Å². The Kier molecular flexibility index (Phi) is 29.3. The molecular weight excluding hydrogens is 899 g/mol. The fraction of sp³-hybridized carbons (Fsp3) is 1.00. The van der Waals surface area contributed by atoms with Crippen LogP contribution < -0.4 is 0 Å². The topological polar surface area (TPSA) is 107 Å². The maximum absolute atomic E-state index is 13.9. The summed E-state index contributed by atoms with van der Waals surface area (Å²) in [7, 11) is -9.89. The van der Waals surface area contributed by atoms with E-state index in [0.29, 0.717) is 18.7 Å². The summed E-state index contributed by atoms with van der Waals surface area (Å²) in [6, 6.07) is 0. The van der Waals surface area contributed by atoms with Gasteiger partial charge in [0, 0.05) is 0 Å². The first-order valence-corrected chi connectivity index (χ1v) is 34.4. The van der Waals surface area contributed by atoms with Crippen molar-refractivity contribution in [2.45, 2.75) is 213 Å². The summed E-state index contributed by atoms with van der Waals surface area (Å²) in [6.45, 7) is 6.72. The molecule has 0 bridgehead atoms. The van der Waals surface area contributed by atoms with Gasteiger partial charge < -0.3 is 0 Å². The Bertz CT molecular complexity index is 897. The molecule has 0 atom stereocenters. The van der Waals surface area contributed by atoms with Gasteiger partial charge in [0.2, 0.25) is 0 Å². The number of unbranched alkanes of at least 4 members (excludes halogenated alkanes) is 27. The van der Waals surface area contributed by atoms with Gasteiger partial charge in [-0.15, -0.1) is 0 Å². The van der Waals surface area contributed by atoms with Gasteiger partial charge in [0.05, 0.1) is 0 Å². The Morgan fingerprint density at radius 3 is 0.920 bits per heavy atom. The van der Waals surface area contributed by atoms with Gasteiger partial charge in [-0.25, -0.2) is 0 Å². The van der Waals surface area contributed by atoms with Crippen LogP contribution in [0.2, 0.25) is 0 Å². The molecule has 0 spiro atoms. The minimum atomic E-state index is -3.64. The second-order valence-corrected chi connectivity index (χ2v) is 35.2. The number of hydrogen-bond donors (Lipinski definition) is 0. The molecule has 14 heteroatoms. The van der Waals surface area contributed by atoms with Gasteiger partial charge >= 0.3 is 290 Å². The first kappa shape index (κ1) is 48.3. The van der Waals surface area contributed by atoms with Crippen molar-refractivity contribution in [1.29, 1.82) is 0 Å². The molecule has 2 aliphatic rings. The van der Waals surface area contributed by atoms with Crippen LogP contribution in [0.25, 0.3) is 0 Å². The number of hydrogen-bond acceptors (Lipinski definition) is 9. The van der Waals surface area contributed by atoms with E-state index in [2.05, 4.69) is 20.8 Å². The second-order valence-electron chi connectivity index (χ2n) is 14.8. The zero-order valence-corrected chi connectivity index (χ0v) is 41.8. The van der Waals surface area contributed by atoms with Crippen LogP contribution in [0.4, 0.5) is 0 Å². The summed E-state index contributed by atoms with van der Waals surface area (Å²) in [6.07, 6.45) is 36.6. The molecule has 0 saturated carbocycles. The van der Waals surface area contributed by atoms with E-state index in [1.54, 1.807) is 0 Å². The molecule has 0 aliphatic carbocycles. The molecule has 0 aromatic heterocycles. The van der Waals surface area contributed by atoms with Gasteiger partial charge in [-0.3, -0.25) is 0 Å². The van der Waals surface area contributed by atoms with Crippen LogP contribution in [0.15, 0.2) is 0 Å². The molecule has 2 heterocycles. The Morgan fingerprint density at radius 2 is 0.640 bits per heavy atom. The van der Waals surface area contributed by atoms with Gasteiger partial charge in [0.15, 0.2) is 0 Å². The Labute approximate surface area is 327 Å². The van der Waals surface area contributed by atoms with Crippen LogP contribution in [0.3, 0.4) is 0 Å². The molecule has 0 aromatic rings. The summed E-state index contributed by atoms with van der Waals surface area (Å²) < 4.78 is 74.7. The molecule has 0 aromatic carbocycles. The van der Waals surface area contributed by atoms with Crippen molar-refractivity contribution in [3.8, 4) is 0 Å². The molecule has 294 valence electrons. The quantitative estimate of drug-likeness (QED) is 0.0444. The average molecular weight is 975 g/mol. The molecule has 2 saturated heterocycles. The summed E-state index contributed by atoms with van der Waals surface area (Å²) in [5.74, 6) is 0. The minimum absolute atomic E-state index is 0.231. The predicted molar refractivity (Wildman–Crippen MR) is 211 cm³/mol. The molecule has 0 amide bonds. The van der Waals surface area contributed by atoms with Crippen LogP contribution >= 0.6 is 22.8 Å². The first-order chi connectivity index (χ1) is 24.3. The maximum atomic E-state index is 13.9. The van der Waals surface area contributed by atoms with E-state index in [1.165, 1.54) is 135 Å². The fourth-order valence-corrected chi connectivity index (χ4v) is 37.7. The summed E-state index contributed by atoms with van der Waals surface area (Å²) >= 11 is -7.27. The SMILES string of the molecule is CCCCCCCCCCCCP1(=O)[O][In]([O]P(=O)(CCCCCCCCCCCC)[O][In]2[O]P(=O)(CCCCCCCCCCCC)[O]2)[O]1. The van der Waals surface area contributed by atoms with E-state index in [1.807, 2.05) is 0 Å². The monoisotopic (exact) mass is 974 g/mol. The molecule has 0 N–H and O–H groups in total. The molecule has 2 rings (SSSR count). The Morgan fingerprint density at radius 1 is 0.400 bits per heavy atom. The predicted octanol–water partition coefficient (Wildman–Crippen LogP) is 14.4. The fourth-order valence-electron chi connectivity index (χ4n) is 6.60. The molecule has 0 unspecified atom stereocenters. The van der Waals surface area contributed by atoms with Crippen LogP contribution in [-0.2, 0) is 29.5 Å². The zero-order chi connectivity index (χ0) is 36.2. The molecular formula is C36H75In2O9P3. The second kappa shape index (κ2) is 30.3. The number of rotatable bonds is 37. The molecule has 0 radical (unpaired) electrons. The normalized spacial score (nSPS) is 16.9. The van der Waals surface area contributed by atoms with Crippen LogP contribution in [0, 0.1) is 0 Å². The van der Waals surface area contributed by atoms with Crippen molar-refractivity contribution in [3.63, 3.8) is 0 Å². The Hall–Kier alpha value is 2.19. The van der Waals surface area contributed by atoms with Gasteiger partial charge in [0.1, 0.15) is 0 Å². The van der Waals surface area contributed by atoms with E-state index in [4.69, 9.17) is 15.8 Å². The van der Waals surface area contributed by atoms with Crippen LogP contribution in [0.1, 0.15) is 213 Å². The van der Waals surface area contributed by atoms with Crippen molar-refractivity contribution in [2.75, 3.05) is 18.5 Å². The molecule has 9 nitrogen and oxygen atoms in total. The third kappa shape index (κ3) is 24.0. The average Bonchev–Trinajstić information content (AvgIpc) is 3.06. The zero-order valence-electron chi connectivity index (χ0n) is 32.5. The Balaban J connectivity index is 1.68. The van der Waals surface area contributed by atoms with E-state index in [0.717, 1.165) is 51.4 Å². The van der Waals surface area contributed by atoms with Crippen molar-refractivity contribution in [2.24, 2.45) is 0 Å². The van der Waals surface area contributed by atoms with Gasteiger partial charge in [0.25, 0.3) is 0 Å². The van der Waals surface area contributed by atoms with E-state index in [-0.39, 0.29) is 6.16 Å². The third-order valence-corrected chi connectivity index (χ3v) is 40.7. The summed E-state index contributed by atoms with van der Waals surface area (Å²) in [4.78, 5) is 0. The first-order valence-electron chi connectivity index (χ1n) is 21.1. The van der Waals surface area contributed by atoms with E-state index >= 15 is 0 Å². The van der Waals surface area contributed by atoms with Crippen LogP contribution in [-0.4, -0.2) is 64.0 Å². The van der Waals surface area contributed by atoms with Crippen molar-refractivity contribution < 1.29 is 29.5 Å². The molecule has 2 fully saturated rings. The molecule has 50 heavy (non-hydrogen) atoms. The van der Waals surface area contributed by atoms with Gasteiger partial charge in [-0.2, -0.15) is 0 Å². The van der Waals surface area contributed by atoms with Crippen molar-refractivity contribution in [3.05, 3.63) is 0 Å². The van der Waals surface area contributed by atoms with Crippen molar-refractivity contribution >= 4 is 68.3 Å². The van der Waals surface area contributed by atoms with Gasteiger partial charge in [-0.05, 0) is 0 Å². The third-order valence-electron chi connectivity index (χ3n) is 9.84. The summed E-state index contributed by atoms with van der Waals surface area (Å²) in [5, 5.41) is 0. The van der Waals surface area contributed by atoms with E-state index < -0.39 is 68.3 Å². The summed E-state index contributed by atoms with van der Waals surface area (Å²) in [5.41, 5.74) is 0. The van der Waals surface area contributed by atoms with Crippen molar-refractivity contribution in [1.82, 2.24) is 0 Å². The standard InChI is InChI=1S/3C12H27O3P.2In/c3*1-2-3-4-5-6-7-8-9-10-11-12-16(13,14)15;;/h3*2-12H2,1H3,(H2,13,14,15);;/q;;;2*+3/p-6.